The fourth-order valence-corrected chi connectivity index (χ4v) is 3.84. The van der Waals surface area contributed by atoms with Gasteiger partial charge >= 0.3 is 0 Å². The average Bonchev–Trinajstić information content (AvgIpc) is 3.25. The number of likely N-dealkylation sites (N-methyl/N-ethyl adjacent to an activating group) is 1. The van der Waals surface area contributed by atoms with Gasteiger partial charge in [-0.25, -0.2) is 4.98 Å². The van der Waals surface area contributed by atoms with Gasteiger partial charge in [0.15, 0.2) is 5.13 Å². The molecular formula is C15H26N4OS. The van der Waals surface area contributed by atoms with Crippen molar-refractivity contribution in [1.82, 2.24) is 14.8 Å². The van der Waals surface area contributed by atoms with Gasteiger partial charge < -0.3 is 14.9 Å². The van der Waals surface area contributed by atoms with E-state index in [1.807, 2.05) is 0 Å². The van der Waals surface area contributed by atoms with E-state index in [4.69, 9.17) is 4.98 Å². The first-order chi connectivity index (χ1) is 10.2. The average molecular weight is 310 g/mol. The van der Waals surface area contributed by atoms with Gasteiger partial charge in [-0.1, -0.05) is 11.3 Å². The lowest BCUT2D eigenvalue weighted by Gasteiger charge is -2.35. The molecule has 1 aromatic rings. The lowest BCUT2D eigenvalue weighted by atomic mass is 10.2. The van der Waals surface area contributed by atoms with E-state index in [9.17, 15) is 5.11 Å². The summed E-state index contributed by atoms with van der Waals surface area (Å²) in [4.78, 5) is 13.1. The number of hydrogen-bond donors (Lipinski definition) is 1. The Balaban J connectivity index is 1.56. The Labute approximate surface area is 131 Å². The van der Waals surface area contributed by atoms with Crippen LogP contribution in [0, 0.1) is 0 Å². The molecule has 1 aliphatic carbocycles. The highest BCUT2D eigenvalue weighted by Crippen LogP contribution is 2.44. The summed E-state index contributed by atoms with van der Waals surface area (Å²) < 4.78 is 0. The van der Waals surface area contributed by atoms with Crippen LogP contribution in [0.2, 0.25) is 0 Å². The highest BCUT2D eigenvalue weighted by atomic mass is 32.1. The molecule has 5 nitrogen and oxygen atoms in total. The molecule has 0 unspecified atom stereocenters. The van der Waals surface area contributed by atoms with E-state index in [0.717, 1.165) is 49.3 Å². The fourth-order valence-electron chi connectivity index (χ4n) is 2.78. The zero-order chi connectivity index (χ0) is 14.8. The van der Waals surface area contributed by atoms with Crippen molar-refractivity contribution in [2.45, 2.75) is 25.4 Å². The molecule has 0 aromatic carbocycles. The van der Waals surface area contributed by atoms with Crippen LogP contribution in [0.5, 0.6) is 0 Å². The van der Waals surface area contributed by atoms with Gasteiger partial charge in [-0.05, 0) is 26.9 Å². The van der Waals surface area contributed by atoms with E-state index in [-0.39, 0.29) is 6.61 Å². The Kier molecular flexibility index (Phi) is 4.78. The van der Waals surface area contributed by atoms with Crippen molar-refractivity contribution in [3.63, 3.8) is 0 Å². The summed E-state index contributed by atoms with van der Waals surface area (Å²) in [5.41, 5.74) is 1.17. The number of nitrogens with zero attached hydrogens (tertiary/aromatic N) is 4. The van der Waals surface area contributed by atoms with Crippen molar-refractivity contribution in [3.05, 3.63) is 10.6 Å². The molecule has 6 heteroatoms. The number of rotatable bonds is 6. The number of aliphatic hydroxyl groups is 1. The minimum absolute atomic E-state index is 0.145. The van der Waals surface area contributed by atoms with Gasteiger partial charge in [-0.3, -0.25) is 4.90 Å². The second-order valence-electron chi connectivity index (χ2n) is 6.37. The quantitative estimate of drug-likeness (QED) is 0.855. The van der Waals surface area contributed by atoms with Gasteiger partial charge in [-0.15, -0.1) is 0 Å². The molecule has 3 rings (SSSR count). The molecule has 0 radical (unpaired) electrons. The van der Waals surface area contributed by atoms with Crippen LogP contribution in [0.3, 0.4) is 0 Å². The van der Waals surface area contributed by atoms with E-state index in [1.54, 1.807) is 11.3 Å². The maximum Gasteiger partial charge on any atom is 0.185 e. The van der Waals surface area contributed by atoms with Gasteiger partial charge in [-0.2, -0.15) is 0 Å². The lowest BCUT2D eigenvalue weighted by molar-refractivity contribution is 0.229. The molecule has 0 amide bonds. The second-order valence-corrected chi connectivity index (χ2v) is 7.43. The van der Waals surface area contributed by atoms with Crippen molar-refractivity contribution >= 4 is 16.5 Å². The standard InChI is InChI=1S/C15H26N4OS/c1-17(2)5-6-18-7-9-19(10-8-18)15-16-14(12-3-4-12)13(11-20)21-15/h12,20H,3-11H2,1-2H3. The third-order valence-electron chi connectivity index (χ3n) is 4.33. The summed E-state index contributed by atoms with van der Waals surface area (Å²) in [6, 6.07) is 0. The van der Waals surface area contributed by atoms with Crippen molar-refractivity contribution in [1.29, 1.82) is 0 Å². The monoisotopic (exact) mass is 310 g/mol. The second kappa shape index (κ2) is 6.60. The predicted molar refractivity (Wildman–Crippen MR) is 87.2 cm³/mol. The van der Waals surface area contributed by atoms with Gasteiger partial charge in [0.05, 0.1) is 17.2 Å². The highest BCUT2D eigenvalue weighted by molar-refractivity contribution is 7.15. The third kappa shape index (κ3) is 3.74. The normalized spacial score (nSPS) is 20.5. The maximum atomic E-state index is 9.51. The van der Waals surface area contributed by atoms with Crippen molar-refractivity contribution in [2.24, 2.45) is 0 Å². The van der Waals surface area contributed by atoms with Crippen LogP contribution in [-0.4, -0.2) is 73.3 Å². The molecular weight excluding hydrogens is 284 g/mol. The summed E-state index contributed by atoms with van der Waals surface area (Å²) in [6.45, 7) is 6.74. The fraction of sp³-hybridized carbons (Fsp3) is 0.800. The number of aliphatic hydroxyl groups excluding tert-OH is 1. The Hall–Kier alpha value is -0.690. The maximum absolute atomic E-state index is 9.51. The number of aromatic nitrogens is 1. The zero-order valence-electron chi connectivity index (χ0n) is 13.1. The Morgan fingerprint density at radius 3 is 2.52 bits per heavy atom. The molecule has 21 heavy (non-hydrogen) atoms. The first-order valence-electron chi connectivity index (χ1n) is 7.90. The Morgan fingerprint density at radius 1 is 1.24 bits per heavy atom. The molecule has 118 valence electrons. The van der Waals surface area contributed by atoms with Gasteiger partial charge in [0.2, 0.25) is 0 Å². The van der Waals surface area contributed by atoms with Crippen LogP contribution in [0.4, 0.5) is 5.13 Å². The summed E-state index contributed by atoms with van der Waals surface area (Å²) in [6.07, 6.45) is 2.49. The smallest absolute Gasteiger partial charge is 0.185 e. The topological polar surface area (TPSA) is 42.8 Å². The summed E-state index contributed by atoms with van der Waals surface area (Å²) in [7, 11) is 4.25. The lowest BCUT2D eigenvalue weighted by Crippen LogP contribution is -2.48. The van der Waals surface area contributed by atoms with Crippen molar-refractivity contribution in [3.8, 4) is 0 Å². The molecule has 2 aliphatic rings. The number of hydrogen-bond acceptors (Lipinski definition) is 6. The van der Waals surface area contributed by atoms with Crippen LogP contribution in [0.15, 0.2) is 0 Å². The SMILES string of the molecule is CN(C)CCN1CCN(c2nc(C3CC3)c(CO)s2)CC1. The van der Waals surface area contributed by atoms with Crippen LogP contribution in [0.25, 0.3) is 0 Å². The van der Waals surface area contributed by atoms with Gasteiger partial charge in [0.25, 0.3) is 0 Å². The van der Waals surface area contributed by atoms with E-state index in [1.165, 1.54) is 18.5 Å². The molecule has 2 heterocycles. The van der Waals surface area contributed by atoms with Gasteiger partial charge in [0, 0.05) is 45.2 Å². The van der Waals surface area contributed by atoms with E-state index < -0.39 is 0 Å². The number of anilines is 1. The van der Waals surface area contributed by atoms with Crippen LogP contribution < -0.4 is 4.90 Å². The van der Waals surface area contributed by atoms with Crippen molar-refractivity contribution in [2.75, 3.05) is 58.3 Å². The number of piperazine rings is 1. The molecule has 2 fully saturated rings. The summed E-state index contributed by atoms with van der Waals surface area (Å²) in [5, 5.41) is 10.6. The van der Waals surface area contributed by atoms with Gasteiger partial charge in [0.1, 0.15) is 0 Å². The molecule has 1 N–H and O–H groups in total. The van der Waals surface area contributed by atoms with E-state index in [2.05, 4.69) is 28.8 Å². The molecule has 0 atom stereocenters. The highest BCUT2D eigenvalue weighted by Gasteiger charge is 2.30. The molecule has 0 spiro atoms. The largest absolute Gasteiger partial charge is 0.391 e. The molecule has 1 saturated heterocycles. The molecule has 1 aromatic heterocycles. The third-order valence-corrected chi connectivity index (χ3v) is 5.45. The minimum atomic E-state index is 0.145. The first kappa shape index (κ1) is 15.2. The summed E-state index contributed by atoms with van der Waals surface area (Å²) in [5.74, 6) is 0.624. The molecule has 1 saturated carbocycles. The predicted octanol–water partition coefficient (Wildman–Crippen LogP) is 1.20. The molecule has 0 bridgehead atoms. The first-order valence-corrected chi connectivity index (χ1v) is 8.71. The minimum Gasteiger partial charge on any atom is -0.391 e. The number of thiazole rings is 1. The van der Waals surface area contributed by atoms with E-state index >= 15 is 0 Å². The Morgan fingerprint density at radius 2 is 1.95 bits per heavy atom. The Bertz CT molecular complexity index is 464. The van der Waals surface area contributed by atoms with Crippen LogP contribution in [0.1, 0.15) is 29.3 Å². The summed E-state index contributed by atoms with van der Waals surface area (Å²) >= 11 is 1.69. The zero-order valence-corrected chi connectivity index (χ0v) is 13.9. The van der Waals surface area contributed by atoms with Crippen LogP contribution >= 0.6 is 11.3 Å². The molecule has 1 aliphatic heterocycles. The van der Waals surface area contributed by atoms with Crippen molar-refractivity contribution < 1.29 is 5.11 Å². The van der Waals surface area contributed by atoms with E-state index in [0.29, 0.717) is 5.92 Å². The van der Waals surface area contributed by atoms with Crippen LogP contribution in [-0.2, 0) is 6.61 Å².